The van der Waals surface area contributed by atoms with Gasteiger partial charge in [-0.1, -0.05) is 26.0 Å². The number of ether oxygens (including phenoxy) is 4. The Morgan fingerprint density at radius 2 is 1.71 bits per heavy atom. The molecule has 1 atom stereocenters. The lowest BCUT2D eigenvalue weighted by molar-refractivity contribution is -0.120. The molecule has 2 aromatic rings. The van der Waals surface area contributed by atoms with Crippen molar-refractivity contribution in [2.45, 2.75) is 32.7 Å². The molecular weight excluding hydrogens is 536 g/mol. The van der Waals surface area contributed by atoms with Gasteiger partial charge in [-0.15, -0.1) is 0 Å². The molecule has 1 aliphatic carbocycles. The van der Waals surface area contributed by atoms with Crippen molar-refractivity contribution in [2.24, 2.45) is 5.41 Å². The maximum absolute atomic E-state index is 14.0. The van der Waals surface area contributed by atoms with E-state index in [0.29, 0.717) is 55.4 Å². The van der Waals surface area contributed by atoms with Gasteiger partial charge in [0, 0.05) is 55.5 Å². The standard InChI is InChI=1S/C32H42N4O6/c1-32(2)18-23-30(25(37)19-32)31(21-16-27(40-4)28(41-5)17-26(21)39-3)36(24-9-7-6-8-22(24)34-23)20-29(38)33-10-11-35-12-14-42-15-13-35/h6-9,16-17,31,34H,10-15,18-20H2,1-5H3,(H,33,38). The number of anilines is 2. The topological polar surface area (TPSA) is 102 Å². The first-order valence-corrected chi connectivity index (χ1v) is 14.5. The monoisotopic (exact) mass is 578 g/mol. The number of ketones is 1. The minimum absolute atomic E-state index is 0.0391. The van der Waals surface area contributed by atoms with E-state index in [0.717, 1.165) is 42.3 Å². The van der Waals surface area contributed by atoms with Crippen LogP contribution in [0.3, 0.4) is 0 Å². The fourth-order valence-corrected chi connectivity index (χ4v) is 6.21. The summed E-state index contributed by atoms with van der Waals surface area (Å²) < 4.78 is 22.6. The lowest BCUT2D eigenvalue weighted by Crippen LogP contribution is -2.45. The Bertz CT molecular complexity index is 1350. The number of rotatable bonds is 9. The molecule has 10 heteroatoms. The smallest absolute Gasteiger partial charge is 0.239 e. The zero-order valence-corrected chi connectivity index (χ0v) is 25.2. The van der Waals surface area contributed by atoms with Crippen LogP contribution in [0.5, 0.6) is 17.2 Å². The molecule has 2 aromatic carbocycles. The van der Waals surface area contributed by atoms with Gasteiger partial charge in [0.15, 0.2) is 17.3 Å². The minimum Gasteiger partial charge on any atom is -0.496 e. The first-order chi connectivity index (χ1) is 20.2. The minimum atomic E-state index is -0.612. The van der Waals surface area contributed by atoms with E-state index in [-0.39, 0.29) is 23.7 Å². The number of Topliss-reactive ketones (excluding diaryl/α,β-unsaturated/α-hetero) is 1. The van der Waals surface area contributed by atoms with Gasteiger partial charge in [-0.3, -0.25) is 14.5 Å². The molecule has 0 aromatic heterocycles. The van der Waals surface area contributed by atoms with Gasteiger partial charge < -0.3 is 34.5 Å². The number of hydrogen-bond donors (Lipinski definition) is 2. The Labute approximate surface area is 247 Å². The molecule has 0 radical (unpaired) electrons. The number of fused-ring (bicyclic) bond motifs is 1. The average Bonchev–Trinajstić information content (AvgIpc) is 3.10. The number of benzene rings is 2. The van der Waals surface area contributed by atoms with Gasteiger partial charge in [-0.25, -0.2) is 0 Å². The van der Waals surface area contributed by atoms with Crippen LogP contribution in [0.2, 0.25) is 0 Å². The van der Waals surface area contributed by atoms with Crippen LogP contribution in [-0.4, -0.2) is 83.9 Å². The van der Waals surface area contributed by atoms with Crippen molar-refractivity contribution in [1.82, 2.24) is 10.2 Å². The summed E-state index contributed by atoms with van der Waals surface area (Å²) in [6, 6.07) is 10.9. The van der Waals surface area contributed by atoms with E-state index in [1.54, 1.807) is 27.4 Å². The van der Waals surface area contributed by atoms with E-state index < -0.39 is 6.04 Å². The molecule has 3 aliphatic rings. The van der Waals surface area contributed by atoms with E-state index in [4.69, 9.17) is 18.9 Å². The third kappa shape index (κ3) is 6.19. The first-order valence-electron chi connectivity index (χ1n) is 14.5. The number of methoxy groups -OCH3 is 3. The Morgan fingerprint density at radius 1 is 1.02 bits per heavy atom. The van der Waals surface area contributed by atoms with E-state index in [2.05, 4.69) is 29.4 Å². The SMILES string of the molecule is COc1cc(OC)c(C2C3=C(CC(C)(C)CC3=O)Nc3ccccc3N2CC(=O)NCCN2CCOCC2)cc1OC. The second kappa shape index (κ2) is 12.6. The molecule has 5 rings (SSSR count). The molecule has 0 spiro atoms. The van der Waals surface area contributed by atoms with E-state index in [1.807, 2.05) is 35.2 Å². The lowest BCUT2D eigenvalue weighted by atomic mass is 9.73. The molecule has 226 valence electrons. The highest BCUT2D eigenvalue weighted by Gasteiger charge is 2.43. The summed E-state index contributed by atoms with van der Waals surface area (Å²) in [4.78, 5) is 31.9. The number of nitrogens with one attached hydrogen (secondary N) is 2. The fraction of sp³-hybridized carbons (Fsp3) is 0.500. The Balaban J connectivity index is 1.59. The van der Waals surface area contributed by atoms with Gasteiger partial charge in [-0.2, -0.15) is 0 Å². The van der Waals surface area contributed by atoms with Crippen molar-refractivity contribution in [3.8, 4) is 17.2 Å². The molecule has 2 aliphatic heterocycles. The van der Waals surface area contributed by atoms with Crippen LogP contribution in [0.15, 0.2) is 47.7 Å². The number of hydrogen-bond acceptors (Lipinski definition) is 9. The van der Waals surface area contributed by atoms with Gasteiger partial charge in [0.05, 0.1) is 58.5 Å². The molecule has 0 bridgehead atoms. The van der Waals surface area contributed by atoms with E-state index >= 15 is 0 Å². The molecule has 2 heterocycles. The summed E-state index contributed by atoms with van der Waals surface area (Å²) in [5.41, 5.74) is 3.67. The Morgan fingerprint density at radius 3 is 2.43 bits per heavy atom. The molecule has 10 nitrogen and oxygen atoms in total. The van der Waals surface area contributed by atoms with Crippen LogP contribution in [0.1, 0.15) is 38.3 Å². The Hall–Kier alpha value is -3.76. The maximum Gasteiger partial charge on any atom is 0.239 e. The van der Waals surface area contributed by atoms with Gasteiger partial charge in [0.2, 0.25) is 5.91 Å². The van der Waals surface area contributed by atoms with Crippen LogP contribution in [0.25, 0.3) is 0 Å². The fourth-order valence-electron chi connectivity index (χ4n) is 6.21. The van der Waals surface area contributed by atoms with Gasteiger partial charge >= 0.3 is 0 Å². The van der Waals surface area contributed by atoms with Crippen molar-refractivity contribution in [3.63, 3.8) is 0 Å². The van der Waals surface area contributed by atoms with Crippen LogP contribution >= 0.6 is 0 Å². The van der Waals surface area contributed by atoms with Gasteiger partial charge in [0.25, 0.3) is 0 Å². The summed E-state index contributed by atoms with van der Waals surface area (Å²) >= 11 is 0. The number of nitrogens with zero attached hydrogens (tertiary/aromatic N) is 2. The summed E-state index contributed by atoms with van der Waals surface area (Å²) in [5, 5.41) is 6.70. The normalized spacial score (nSPS) is 20.2. The summed E-state index contributed by atoms with van der Waals surface area (Å²) in [5.74, 6) is 1.48. The second-order valence-electron chi connectivity index (χ2n) is 11.8. The van der Waals surface area contributed by atoms with Gasteiger partial charge in [-0.05, 0) is 30.0 Å². The number of carbonyl (C=O) groups is 2. The zero-order chi connectivity index (χ0) is 29.9. The van der Waals surface area contributed by atoms with Crippen LogP contribution in [0.4, 0.5) is 11.4 Å². The predicted octanol–water partition coefficient (Wildman–Crippen LogP) is 3.78. The number of allylic oxidation sites excluding steroid dienone is 1. The van der Waals surface area contributed by atoms with Crippen LogP contribution in [0, 0.1) is 5.41 Å². The zero-order valence-electron chi connectivity index (χ0n) is 25.2. The largest absolute Gasteiger partial charge is 0.496 e. The maximum atomic E-state index is 14.0. The van der Waals surface area contributed by atoms with Gasteiger partial charge in [0.1, 0.15) is 5.75 Å². The number of amides is 1. The quantitative estimate of drug-likeness (QED) is 0.460. The number of morpholine rings is 1. The van der Waals surface area contributed by atoms with Crippen LogP contribution in [-0.2, 0) is 14.3 Å². The highest BCUT2D eigenvalue weighted by molar-refractivity contribution is 6.02. The second-order valence-corrected chi connectivity index (χ2v) is 11.8. The Kier molecular flexibility index (Phi) is 8.93. The molecule has 1 fully saturated rings. The number of carbonyl (C=O) groups excluding carboxylic acids is 2. The van der Waals surface area contributed by atoms with Crippen LogP contribution < -0.4 is 29.7 Å². The predicted molar refractivity (Wildman–Crippen MR) is 162 cm³/mol. The summed E-state index contributed by atoms with van der Waals surface area (Å²) in [7, 11) is 4.75. The van der Waals surface area contributed by atoms with Crippen molar-refractivity contribution in [3.05, 3.63) is 53.2 Å². The average molecular weight is 579 g/mol. The van der Waals surface area contributed by atoms with Crippen molar-refractivity contribution < 1.29 is 28.5 Å². The lowest BCUT2D eigenvalue weighted by Gasteiger charge is -2.38. The van der Waals surface area contributed by atoms with E-state index in [1.165, 1.54) is 0 Å². The summed E-state index contributed by atoms with van der Waals surface area (Å²) in [6.45, 7) is 8.68. The van der Waals surface area contributed by atoms with Crippen molar-refractivity contribution in [2.75, 3.05) is 77.5 Å². The molecule has 1 unspecified atom stereocenters. The molecule has 1 amide bonds. The highest BCUT2D eigenvalue weighted by atomic mass is 16.5. The molecule has 42 heavy (non-hydrogen) atoms. The molecular formula is C32H42N4O6. The first kappa shape index (κ1) is 29.7. The molecule has 0 saturated carbocycles. The summed E-state index contributed by atoms with van der Waals surface area (Å²) in [6.07, 6.45) is 1.09. The molecule has 2 N–H and O–H groups in total. The number of para-hydroxylation sites is 2. The third-order valence-corrected chi connectivity index (χ3v) is 8.20. The van der Waals surface area contributed by atoms with E-state index in [9.17, 15) is 9.59 Å². The molecule has 1 saturated heterocycles. The highest BCUT2D eigenvalue weighted by Crippen LogP contribution is 2.51. The van der Waals surface area contributed by atoms with Crippen molar-refractivity contribution in [1.29, 1.82) is 0 Å². The van der Waals surface area contributed by atoms with Crippen molar-refractivity contribution >= 4 is 23.1 Å². The third-order valence-electron chi connectivity index (χ3n) is 8.20.